The molecule has 3 aromatic rings. The number of amides is 3. The largest absolute Gasteiger partial charge is 0.355 e. The molecule has 3 rings (SSSR count). The van der Waals surface area contributed by atoms with Crippen molar-refractivity contribution in [1.82, 2.24) is 5.32 Å². The Balaban J connectivity index is 1.68. The summed E-state index contributed by atoms with van der Waals surface area (Å²) >= 11 is 7.34. The molecule has 0 saturated carbocycles. The van der Waals surface area contributed by atoms with Crippen LogP contribution in [0.4, 0.5) is 11.4 Å². The summed E-state index contributed by atoms with van der Waals surface area (Å²) in [5, 5.41) is 8.43. The lowest BCUT2D eigenvalue weighted by molar-refractivity contribution is -0.113. The number of carbonyl (C=O) groups excluding carboxylic acids is 3. The molecule has 32 heavy (non-hydrogen) atoms. The molecule has 0 saturated heterocycles. The van der Waals surface area contributed by atoms with Crippen molar-refractivity contribution in [1.29, 1.82) is 0 Å². The van der Waals surface area contributed by atoms with Crippen LogP contribution in [0.25, 0.3) is 0 Å². The van der Waals surface area contributed by atoms with Crippen molar-refractivity contribution in [3.63, 3.8) is 0 Å². The maximum absolute atomic E-state index is 12.9. The van der Waals surface area contributed by atoms with Gasteiger partial charge >= 0.3 is 0 Å². The summed E-state index contributed by atoms with van der Waals surface area (Å²) in [6.45, 7) is 1.98. The summed E-state index contributed by atoms with van der Waals surface area (Å²) in [4.78, 5) is 37.8. The van der Waals surface area contributed by atoms with E-state index in [9.17, 15) is 14.4 Å². The van der Waals surface area contributed by atoms with Crippen LogP contribution in [0, 0.1) is 6.92 Å². The van der Waals surface area contributed by atoms with Crippen LogP contribution in [0.15, 0.2) is 71.6 Å². The molecule has 3 aromatic carbocycles. The molecule has 0 heterocycles. The van der Waals surface area contributed by atoms with Gasteiger partial charge in [0.05, 0.1) is 21.9 Å². The van der Waals surface area contributed by atoms with Crippen molar-refractivity contribution in [2.75, 3.05) is 23.4 Å². The number of halogens is 1. The average Bonchev–Trinajstić information content (AvgIpc) is 2.80. The van der Waals surface area contributed by atoms with Crippen LogP contribution in [0.5, 0.6) is 0 Å². The van der Waals surface area contributed by atoms with Gasteiger partial charge in [-0.25, -0.2) is 0 Å². The molecule has 0 unspecified atom stereocenters. The minimum Gasteiger partial charge on any atom is -0.355 e. The maximum Gasteiger partial charge on any atom is 0.256 e. The van der Waals surface area contributed by atoms with Crippen LogP contribution in [0.2, 0.25) is 5.02 Å². The molecule has 6 nitrogen and oxygen atoms in total. The molecule has 8 heteroatoms. The molecule has 0 fully saturated rings. The quantitative estimate of drug-likeness (QED) is 0.427. The van der Waals surface area contributed by atoms with E-state index in [4.69, 9.17) is 11.6 Å². The third-order valence-electron chi connectivity index (χ3n) is 4.52. The van der Waals surface area contributed by atoms with Crippen LogP contribution in [0.1, 0.15) is 26.3 Å². The molecule has 3 N–H and O–H groups in total. The molecule has 0 bridgehead atoms. The van der Waals surface area contributed by atoms with Crippen LogP contribution >= 0.6 is 23.4 Å². The number of anilines is 2. The van der Waals surface area contributed by atoms with E-state index in [-0.39, 0.29) is 34.1 Å². The van der Waals surface area contributed by atoms with Crippen molar-refractivity contribution in [3.05, 3.63) is 88.4 Å². The number of hydrogen-bond donors (Lipinski definition) is 3. The van der Waals surface area contributed by atoms with Gasteiger partial charge in [0.25, 0.3) is 11.8 Å². The smallest absolute Gasteiger partial charge is 0.256 e. The first-order chi connectivity index (χ1) is 15.4. The van der Waals surface area contributed by atoms with E-state index >= 15 is 0 Å². The molecular weight excluding hydrogens is 446 g/mol. The molecule has 0 aliphatic carbocycles. The fourth-order valence-electron chi connectivity index (χ4n) is 2.87. The molecule has 0 spiro atoms. The second-order valence-electron chi connectivity index (χ2n) is 6.93. The Kier molecular flexibility index (Phi) is 7.92. The van der Waals surface area contributed by atoms with Crippen molar-refractivity contribution in [2.45, 2.75) is 11.8 Å². The normalized spacial score (nSPS) is 10.3. The fraction of sp³-hybridized carbons (Fsp3) is 0.125. The van der Waals surface area contributed by atoms with Gasteiger partial charge in [-0.15, -0.1) is 11.8 Å². The van der Waals surface area contributed by atoms with Crippen molar-refractivity contribution < 1.29 is 14.4 Å². The van der Waals surface area contributed by atoms with E-state index in [1.54, 1.807) is 30.3 Å². The number of rotatable bonds is 7. The number of carbonyl (C=O) groups is 3. The molecule has 164 valence electrons. The van der Waals surface area contributed by atoms with E-state index in [1.807, 2.05) is 37.3 Å². The lowest BCUT2D eigenvalue weighted by Gasteiger charge is -2.11. The highest BCUT2D eigenvalue weighted by molar-refractivity contribution is 8.00. The topological polar surface area (TPSA) is 87.3 Å². The second-order valence-corrected chi connectivity index (χ2v) is 8.35. The summed E-state index contributed by atoms with van der Waals surface area (Å²) in [7, 11) is 1.51. The monoisotopic (exact) mass is 467 g/mol. The van der Waals surface area contributed by atoms with Crippen molar-refractivity contribution >= 4 is 52.5 Å². The van der Waals surface area contributed by atoms with E-state index in [1.165, 1.54) is 24.9 Å². The fourth-order valence-corrected chi connectivity index (χ4v) is 3.92. The van der Waals surface area contributed by atoms with E-state index in [0.717, 1.165) is 11.3 Å². The molecule has 0 radical (unpaired) electrons. The number of benzene rings is 3. The Morgan fingerprint density at radius 2 is 1.53 bits per heavy atom. The van der Waals surface area contributed by atoms with Gasteiger partial charge in [0, 0.05) is 23.3 Å². The molecule has 3 amide bonds. The minimum absolute atomic E-state index is 0.153. The van der Waals surface area contributed by atoms with E-state index in [0.29, 0.717) is 16.1 Å². The lowest BCUT2D eigenvalue weighted by Crippen LogP contribution is -2.19. The zero-order chi connectivity index (χ0) is 23.1. The zero-order valence-electron chi connectivity index (χ0n) is 17.6. The van der Waals surface area contributed by atoms with Crippen LogP contribution < -0.4 is 16.0 Å². The van der Waals surface area contributed by atoms with Gasteiger partial charge in [-0.05, 0) is 49.4 Å². The Morgan fingerprint density at radius 3 is 2.25 bits per heavy atom. The predicted molar refractivity (Wildman–Crippen MR) is 130 cm³/mol. The Hall–Kier alpha value is -3.29. The van der Waals surface area contributed by atoms with Crippen LogP contribution in [-0.4, -0.2) is 30.5 Å². The van der Waals surface area contributed by atoms with Gasteiger partial charge < -0.3 is 16.0 Å². The Bertz CT molecular complexity index is 1150. The first-order valence-corrected chi connectivity index (χ1v) is 11.1. The van der Waals surface area contributed by atoms with Gasteiger partial charge in [0.2, 0.25) is 5.91 Å². The van der Waals surface area contributed by atoms with E-state index < -0.39 is 0 Å². The highest BCUT2D eigenvalue weighted by atomic mass is 35.5. The van der Waals surface area contributed by atoms with E-state index in [2.05, 4.69) is 16.0 Å². The summed E-state index contributed by atoms with van der Waals surface area (Å²) in [6.07, 6.45) is 0. The zero-order valence-corrected chi connectivity index (χ0v) is 19.1. The first kappa shape index (κ1) is 23.4. The summed E-state index contributed by atoms with van der Waals surface area (Å²) in [5.74, 6) is -0.708. The highest BCUT2D eigenvalue weighted by Gasteiger charge is 2.15. The minimum atomic E-state index is -0.350. The third kappa shape index (κ3) is 6.12. The predicted octanol–water partition coefficient (Wildman–Crippen LogP) is 4.99. The lowest BCUT2D eigenvalue weighted by atomic mass is 10.1. The Morgan fingerprint density at radius 1 is 0.844 bits per heavy atom. The van der Waals surface area contributed by atoms with Gasteiger partial charge in [0.1, 0.15) is 0 Å². The maximum atomic E-state index is 12.9. The summed E-state index contributed by atoms with van der Waals surface area (Å²) in [5.41, 5.74) is 2.97. The molecule has 0 aliphatic heterocycles. The summed E-state index contributed by atoms with van der Waals surface area (Å²) in [6, 6.07) is 19.3. The molecular formula is C24H22ClN3O3S. The second kappa shape index (κ2) is 10.8. The third-order valence-corrected chi connectivity index (χ3v) is 5.92. The van der Waals surface area contributed by atoms with Crippen molar-refractivity contribution in [2.24, 2.45) is 0 Å². The number of aryl methyl sites for hydroxylation is 1. The highest BCUT2D eigenvalue weighted by Crippen LogP contribution is 2.25. The molecule has 0 atom stereocenters. The van der Waals surface area contributed by atoms with Crippen LogP contribution in [-0.2, 0) is 4.79 Å². The van der Waals surface area contributed by atoms with Gasteiger partial charge in [-0.3, -0.25) is 14.4 Å². The van der Waals surface area contributed by atoms with Gasteiger partial charge in [0.15, 0.2) is 0 Å². The SMILES string of the molecule is CNC(=O)c1cc(NC(=O)c2ccccc2SCC(=O)Nc2ccc(C)cc2)ccc1Cl. The molecule has 0 aromatic heterocycles. The van der Waals surface area contributed by atoms with Crippen LogP contribution in [0.3, 0.4) is 0 Å². The standard InChI is InChI=1S/C24H22ClN3O3S/c1-15-7-9-16(10-8-15)27-22(29)14-32-21-6-4-3-5-18(21)24(31)28-17-11-12-20(25)19(13-17)23(30)26-2/h3-13H,14H2,1-2H3,(H,26,30)(H,27,29)(H,28,31). The average molecular weight is 468 g/mol. The van der Waals surface area contributed by atoms with Crippen molar-refractivity contribution in [3.8, 4) is 0 Å². The first-order valence-electron chi connectivity index (χ1n) is 9.78. The number of nitrogens with one attached hydrogen (secondary N) is 3. The number of thioether (sulfide) groups is 1. The Labute approximate surface area is 195 Å². The molecule has 0 aliphatic rings. The van der Waals surface area contributed by atoms with Gasteiger partial charge in [-0.1, -0.05) is 41.4 Å². The summed E-state index contributed by atoms with van der Waals surface area (Å²) < 4.78 is 0. The number of hydrogen-bond acceptors (Lipinski definition) is 4. The van der Waals surface area contributed by atoms with Gasteiger partial charge in [-0.2, -0.15) is 0 Å².